The number of hydrogen-bond donors (Lipinski definition) is 0. The van der Waals surface area contributed by atoms with Gasteiger partial charge >= 0.3 is 0 Å². The normalized spacial score (nSPS) is 11.5. The highest BCUT2D eigenvalue weighted by Gasteiger charge is 2.14. The Morgan fingerprint density at radius 2 is 1.92 bits per heavy atom. The van der Waals surface area contributed by atoms with Crippen LogP contribution in [0.5, 0.6) is 0 Å². The summed E-state index contributed by atoms with van der Waals surface area (Å²) in [6.45, 7) is 6.38. The SMILES string of the molecule is Cc1cn2ncc(-c3cnn(-c4ccccn4)c3)c2nc1C(C)C. The van der Waals surface area contributed by atoms with Crippen molar-refractivity contribution in [1.82, 2.24) is 29.4 Å². The fourth-order valence-electron chi connectivity index (χ4n) is 2.88. The third kappa shape index (κ3) is 2.36. The van der Waals surface area contributed by atoms with E-state index < -0.39 is 0 Å². The minimum atomic E-state index is 0.369. The van der Waals surface area contributed by atoms with E-state index in [0.717, 1.165) is 33.8 Å². The van der Waals surface area contributed by atoms with Crippen LogP contribution in [0.1, 0.15) is 31.0 Å². The molecule has 0 fully saturated rings. The van der Waals surface area contributed by atoms with Gasteiger partial charge in [0.25, 0.3) is 0 Å². The van der Waals surface area contributed by atoms with Crippen molar-refractivity contribution in [2.24, 2.45) is 0 Å². The zero-order valence-electron chi connectivity index (χ0n) is 13.9. The Morgan fingerprint density at radius 1 is 1.04 bits per heavy atom. The van der Waals surface area contributed by atoms with E-state index in [2.05, 4.69) is 36.0 Å². The highest BCUT2D eigenvalue weighted by molar-refractivity contribution is 5.76. The van der Waals surface area contributed by atoms with Crippen molar-refractivity contribution < 1.29 is 0 Å². The molecule has 0 atom stereocenters. The van der Waals surface area contributed by atoms with Crippen LogP contribution in [0, 0.1) is 6.92 Å². The average molecular weight is 318 g/mol. The standard InChI is InChI=1S/C18H18N6/c1-12(2)17-13(3)10-24-18(22-17)15(9-21-24)14-8-20-23(11-14)16-6-4-5-7-19-16/h4-12H,1-3H3. The summed E-state index contributed by atoms with van der Waals surface area (Å²) in [5.41, 5.74) is 5.04. The number of aryl methyl sites for hydroxylation is 1. The molecule has 0 bridgehead atoms. The van der Waals surface area contributed by atoms with Crippen LogP contribution in [-0.4, -0.2) is 29.4 Å². The summed E-state index contributed by atoms with van der Waals surface area (Å²) in [6, 6.07) is 5.75. The molecule has 0 aliphatic heterocycles. The molecule has 0 aromatic carbocycles. The van der Waals surface area contributed by atoms with E-state index in [1.165, 1.54) is 0 Å². The molecule has 4 aromatic rings. The van der Waals surface area contributed by atoms with Crippen LogP contribution in [-0.2, 0) is 0 Å². The van der Waals surface area contributed by atoms with Gasteiger partial charge in [0.2, 0.25) is 0 Å². The lowest BCUT2D eigenvalue weighted by Crippen LogP contribution is -2.01. The lowest BCUT2D eigenvalue weighted by Gasteiger charge is -2.09. The molecule has 0 spiro atoms. The zero-order chi connectivity index (χ0) is 16.7. The van der Waals surface area contributed by atoms with Crippen molar-refractivity contribution in [3.8, 4) is 16.9 Å². The summed E-state index contributed by atoms with van der Waals surface area (Å²) in [6.07, 6.45) is 9.40. The van der Waals surface area contributed by atoms with Crippen LogP contribution in [0.25, 0.3) is 22.6 Å². The molecular formula is C18H18N6. The Labute approximate surface area is 139 Å². The molecule has 6 heteroatoms. The fraction of sp³-hybridized carbons (Fsp3) is 0.222. The summed E-state index contributed by atoms with van der Waals surface area (Å²) < 4.78 is 3.59. The van der Waals surface area contributed by atoms with Crippen LogP contribution in [0.2, 0.25) is 0 Å². The molecule has 0 saturated heterocycles. The lowest BCUT2D eigenvalue weighted by atomic mass is 10.1. The smallest absolute Gasteiger partial charge is 0.163 e. The molecule has 4 rings (SSSR count). The highest BCUT2D eigenvalue weighted by atomic mass is 15.3. The van der Waals surface area contributed by atoms with Crippen molar-refractivity contribution >= 4 is 5.65 Å². The molecule has 4 aromatic heterocycles. The Morgan fingerprint density at radius 3 is 2.67 bits per heavy atom. The molecule has 4 heterocycles. The van der Waals surface area contributed by atoms with E-state index in [1.807, 2.05) is 47.5 Å². The predicted molar refractivity (Wildman–Crippen MR) is 92.2 cm³/mol. The van der Waals surface area contributed by atoms with Crippen molar-refractivity contribution in [3.05, 3.63) is 60.4 Å². The van der Waals surface area contributed by atoms with Gasteiger partial charge in [-0.25, -0.2) is 19.2 Å². The summed E-state index contributed by atoms with van der Waals surface area (Å²) >= 11 is 0. The molecule has 0 aliphatic carbocycles. The van der Waals surface area contributed by atoms with Crippen molar-refractivity contribution in [1.29, 1.82) is 0 Å². The van der Waals surface area contributed by atoms with Gasteiger partial charge in [-0.15, -0.1) is 0 Å². The largest absolute Gasteiger partial charge is 0.237 e. The molecule has 0 saturated carbocycles. The predicted octanol–water partition coefficient (Wildman–Crippen LogP) is 3.41. The van der Waals surface area contributed by atoms with Gasteiger partial charge in [-0.2, -0.15) is 10.2 Å². The Bertz CT molecular complexity index is 997. The van der Waals surface area contributed by atoms with Crippen LogP contribution in [0.3, 0.4) is 0 Å². The highest BCUT2D eigenvalue weighted by Crippen LogP contribution is 2.26. The van der Waals surface area contributed by atoms with Crippen LogP contribution in [0.15, 0.2) is 49.2 Å². The molecule has 120 valence electrons. The van der Waals surface area contributed by atoms with E-state index in [1.54, 1.807) is 10.9 Å². The number of pyridine rings is 1. The van der Waals surface area contributed by atoms with E-state index in [0.29, 0.717) is 5.92 Å². The molecule has 0 radical (unpaired) electrons. The first-order chi connectivity index (χ1) is 11.6. The molecule has 6 nitrogen and oxygen atoms in total. The number of hydrogen-bond acceptors (Lipinski definition) is 4. The number of fused-ring (bicyclic) bond motifs is 1. The van der Waals surface area contributed by atoms with Gasteiger partial charge in [0.05, 0.1) is 12.4 Å². The Kier molecular flexibility index (Phi) is 3.37. The quantitative estimate of drug-likeness (QED) is 0.581. The first-order valence-electron chi connectivity index (χ1n) is 7.95. The summed E-state index contributed by atoms with van der Waals surface area (Å²) in [4.78, 5) is 9.16. The summed E-state index contributed by atoms with van der Waals surface area (Å²) in [5.74, 6) is 1.15. The molecule has 24 heavy (non-hydrogen) atoms. The van der Waals surface area contributed by atoms with Gasteiger partial charge in [0, 0.05) is 35.4 Å². The fourth-order valence-corrected chi connectivity index (χ4v) is 2.88. The van der Waals surface area contributed by atoms with Crippen molar-refractivity contribution in [2.45, 2.75) is 26.7 Å². The maximum absolute atomic E-state index is 4.84. The molecule has 0 amide bonds. The average Bonchev–Trinajstić information content (AvgIpc) is 3.20. The van der Waals surface area contributed by atoms with E-state index in [4.69, 9.17) is 4.98 Å². The monoisotopic (exact) mass is 318 g/mol. The van der Waals surface area contributed by atoms with Crippen molar-refractivity contribution in [3.63, 3.8) is 0 Å². The molecule has 0 unspecified atom stereocenters. The Hall–Kier alpha value is -3.02. The topological polar surface area (TPSA) is 60.9 Å². The van der Waals surface area contributed by atoms with Crippen LogP contribution >= 0.6 is 0 Å². The third-order valence-corrected chi connectivity index (χ3v) is 4.04. The van der Waals surface area contributed by atoms with Gasteiger partial charge in [0.1, 0.15) is 0 Å². The van der Waals surface area contributed by atoms with Crippen molar-refractivity contribution in [2.75, 3.05) is 0 Å². The van der Waals surface area contributed by atoms with Gasteiger partial charge < -0.3 is 0 Å². The van der Waals surface area contributed by atoms with Crippen LogP contribution < -0.4 is 0 Å². The second kappa shape index (κ2) is 5.56. The van der Waals surface area contributed by atoms with E-state index in [9.17, 15) is 0 Å². The van der Waals surface area contributed by atoms with Crippen LogP contribution in [0.4, 0.5) is 0 Å². The van der Waals surface area contributed by atoms with Gasteiger partial charge in [-0.3, -0.25) is 0 Å². The lowest BCUT2D eigenvalue weighted by molar-refractivity contribution is 0.795. The number of aromatic nitrogens is 6. The maximum Gasteiger partial charge on any atom is 0.163 e. The minimum Gasteiger partial charge on any atom is -0.237 e. The number of nitrogens with zero attached hydrogens (tertiary/aromatic N) is 6. The zero-order valence-corrected chi connectivity index (χ0v) is 13.9. The van der Waals surface area contributed by atoms with E-state index in [-0.39, 0.29) is 0 Å². The number of rotatable bonds is 3. The summed E-state index contributed by atoms with van der Waals surface area (Å²) in [7, 11) is 0. The molecule has 0 N–H and O–H groups in total. The Balaban J connectivity index is 1.83. The first-order valence-corrected chi connectivity index (χ1v) is 7.95. The van der Waals surface area contributed by atoms with E-state index >= 15 is 0 Å². The maximum atomic E-state index is 4.84. The van der Waals surface area contributed by atoms with Gasteiger partial charge in [0.15, 0.2) is 11.5 Å². The second-order valence-corrected chi connectivity index (χ2v) is 6.15. The molecular weight excluding hydrogens is 300 g/mol. The first kappa shape index (κ1) is 14.6. The third-order valence-electron chi connectivity index (χ3n) is 4.04. The minimum absolute atomic E-state index is 0.369. The van der Waals surface area contributed by atoms with Gasteiger partial charge in [-0.1, -0.05) is 19.9 Å². The van der Waals surface area contributed by atoms with Gasteiger partial charge in [-0.05, 0) is 30.5 Å². The second-order valence-electron chi connectivity index (χ2n) is 6.15. The molecule has 0 aliphatic rings. The summed E-state index contributed by atoms with van der Waals surface area (Å²) in [5, 5.41) is 8.85.